The third kappa shape index (κ3) is 2.37. The lowest BCUT2D eigenvalue weighted by molar-refractivity contribution is 0.0697. The summed E-state index contributed by atoms with van der Waals surface area (Å²) in [5.74, 6) is -0.973. The fraction of sp³-hybridized carbons (Fsp3) is 0. The Balaban J connectivity index is 1.92. The van der Waals surface area contributed by atoms with Crippen molar-refractivity contribution in [3.8, 4) is 0 Å². The molecule has 3 aromatic rings. The number of oxazole rings is 1. The Kier molecular flexibility index (Phi) is 3.15. The van der Waals surface area contributed by atoms with Gasteiger partial charge in [0.15, 0.2) is 5.58 Å². The maximum absolute atomic E-state index is 10.9. The van der Waals surface area contributed by atoms with Crippen LogP contribution in [0.25, 0.3) is 11.1 Å². The van der Waals surface area contributed by atoms with Gasteiger partial charge in [-0.15, -0.1) is 0 Å². The van der Waals surface area contributed by atoms with Gasteiger partial charge in [-0.3, -0.25) is 0 Å². The molecule has 100 valence electrons. The number of carbonyl (C=O) groups is 1. The van der Waals surface area contributed by atoms with Crippen LogP contribution in [-0.2, 0) is 0 Å². The summed E-state index contributed by atoms with van der Waals surface area (Å²) in [7, 11) is 0. The highest BCUT2D eigenvalue weighted by Gasteiger charge is 2.10. The van der Waals surface area contributed by atoms with E-state index in [1.54, 1.807) is 6.07 Å². The maximum atomic E-state index is 10.9. The van der Waals surface area contributed by atoms with E-state index in [0.29, 0.717) is 21.8 Å². The summed E-state index contributed by atoms with van der Waals surface area (Å²) in [5, 5.41) is 11.9. The molecule has 0 saturated heterocycles. The van der Waals surface area contributed by atoms with E-state index >= 15 is 0 Å². The highest BCUT2D eigenvalue weighted by molar-refractivity contribution is 9.10. The number of carboxylic acids is 1. The van der Waals surface area contributed by atoms with Crippen molar-refractivity contribution in [2.45, 2.75) is 0 Å². The van der Waals surface area contributed by atoms with Gasteiger partial charge in [0.25, 0.3) is 6.01 Å². The topological polar surface area (TPSA) is 75.4 Å². The van der Waals surface area contributed by atoms with Crippen molar-refractivity contribution in [1.29, 1.82) is 0 Å². The monoisotopic (exact) mass is 332 g/mol. The number of aromatic nitrogens is 1. The third-order valence-corrected chi connectivity index (χ3v) is 3.41. The first-order valence-corrected chi connectivity index (χ1v) is 6.58. The fourth-order valence-electron chi connectivity index (χ4n) is 1.79. The van der Waals surface area contributed by atoms with E-state index in [1.165, 1.54) is 12.1 Å². The third-order valence-electron chi connectivity index (χ3n) is 2.75. The molecule has 0 fully saturated rings. The molecule has 0 spiro atoms. The predicted octanol–water partition coefficient (Wildman–Crippen LogP) is 4.03. The van der Waals surface area contributed by atoms with Crippen LogP contribution >= 0.6 is 15.9 Å². The molecule has 0 amide bonds. The van der Waals surface area contributed by atoms with Gasteiger partial charge in [-0.1, -0.05) is 12.1 Å². The van der Waals surface area contributed by atoms with Crippen molar-refractivity contribution in [3.05, 3.63) is 52.5 Å². The van der Waals surface area contributed by atoms with Crippen molar-refractivity contribution in [3.63, 3.8) is 0 Å². The SMILES string of the molecule is O=C(O)c1ccc(Nc2nc3ccccc3o2)c(Br)c1. The Morgan fingerprint density at radius 3 is 2.75 bits per heavy atom. The lowest BCUT2D eigenvalue weighted by atomic mass is 10.2. The molecular formula is C14H9BrN2O3. The summed E-state index contributed by atoms with van der Waals surface area (Å²) >= 11 is 3.32. The number of fused-ring (bicyclic) bond motifs is 1. The van der Waals surface area contributed by atoms with Crippen molar-refractivity contribution < 1.29 is 14.3 Å². The lowest BCUT2D eigenvalue weighted by Crippen LogP contribution is -1.98. The number of aromatic carboxylic acids is 1. The standard InChI is InChI=1S/C14H9BrN2O3/c15-9-7-8(13(18)19)5-6-10(9)16-14-17-11-3-1-2-4-12(11)20-14/h1-7H,(H,16,17)(H,18,19). The van der Waals surface area contributed by atoms with Gasteiger partial charge in [-0.2, -0.15) is 4.98 Å². The van der Waals surface area contributed by atoms with Crippen LogP contribution in [0.15, 0.2) is 51.4 Å². The van der Waals surface area contributed by atoms with Crippen LogP contribution in [0, 0.1) is 0 Å². The zero-order valence-electron chi connectivity index (χ0n) is 10.1. The van der Waals surface area contributed by atoms with Gasteiger partial charge >= 0.3 is 5.97 Å². The van der Waals surface area contributed by atoms with Crippen LogP contribution < -0.4 is 5.32 Å². The predicted molar refractivity (Wildman–Crippen MR) is 78.4 cm³/mol. The average Bonchev–Trinajstić information content (AvgIpc) is 2.83. The maximum Gasteiger partial charge on any atom is 0.335 e. The smallest absolute Gasteiger partial charge is 0.335 e. The fourth-order valence-corrected chi connectivity index (χ4v) is 2.27. The van der Waals surface area contributed by atoms with Gasteiger partial charge in [-0.25, -0.2) is 4.79 Å². The van der Waals surface area contributed by atoms with Gasteiger partial charge in [0, 0.05) is 4.47 Å². The molecule has 20 heavy (non-hydrogen) atoms. The molecule has 0 aliphatic heterocycles. The van der Waals surface area contributed by atoms with Gasteiger partial charge < -0.3 is 14.8 Å². The molecule has 0 atom stereocenters. The molecule has 0 saturated carbocycles. The summed E-state index contributed by atoms with van der Waals surface area (Å²) in [4.78, 5) is 15.2. The quantitative estimate of drug-likeness (QED) is 0.757. The first-order chi connectivity index (χ1) is 9.63. The normalized spacial score (nSPS) is 10.7. The lowest BCUT2D eigenvalue weighted by Gasteiger charge is -2.05. The molecule has 5 nitrogen and oxygen atoms in total. The second-order valence-corrected chi connectivity index (χ2v) is 4.97. The molecule has 3 rings (SSSR count). The van der Waals surface area contributed by atoms with Crippen molar-refractivity contribution >= 4 is 44.7 Å². The minimum Gasteiger partial charge on any atom is -0.478 e. The van der Waals surface area contributed by atoms with Gasteiger partial charge in [0.2, 0.25) is 0 Å². The zero-order chi connectivity index (χ0) is 14.1. The van der Waals surface area contributed by atoms with Crippen LogP contribution in [0.3, 0.4) is 0 Å². The Morgan fingerprint density at radius 1 is 1.25 bits per heavy atom. The largest absolute Gasteiger partial charge is 0.478 e. The Hall–Kier alpha value is -2.34. The summed E-state index contributed by atoms with van der Waals surface area (Å²) in [6.45, 7) is 0. The average molecular weight is 333 g/mol. The number of para-hydroxylation sites is 2. The minimum absolute atomic E-state index is 0.208. The van der Waals surface area contributed by atoms with Crippen molar-refractivity contribution in [2.75, 3.05) is 5.32 Å². The number of halogens is 1. The molecule has 0 unspecified atom stereocenters. The van der Waals surface area contributed by atoms with Crippen LogP contribution in [0.5, 0.6) is 0 Å². The zero-order valence-corrected chi connectivity index (χ0v) is 11.7. The van der Waals surface area contributed by atoms with E-state index in [-0.39, 0.29) is 5.56 Å². The Bertz CT molecular complexity index is 765. The number of nitrogens with zero attached hydrogens (tertiary/aromatic N) is 1. The number of anilines is 2. The molecular weight excluding hydrogens is 324 g/mol. The van der Waals surface area contributed by atoms with Crippen LogP contribution in [0.1, 0.15) is 10.4 Å². The number of rotatable bonds is 3. The molecule has 0 radical (unpaired) electrons. The highest BCUT2D eigenvalue weighted by atomic mass is 79.9. The molecule has 2 aromatic carbocycles. The molecule has 1 heterocycles. The van der Waals surface area contributed by atoms with Crippen LogP contribution in [0.4, 0.5) is 11.7 Å². The van der Waals surface area contributed by atoms with E-state index in [1.807, 2.05) is 24.3 Å². The van der Waals surface area contributed by atoms with E-state index in [9.17, 15) is 4.79 Å². The Labute approximate surface area is 122 Å². The highest BCUT2D eigenvalue weighted by Crippen LogP contribution is 2.28. The Morgan fingerprint density at radius 2 is 2.05 bits per heavy atom. The number of carboxylic acid groups (broad SMARTS) is 1. The summed E-state index contributed by atoms with van der Waals surface area (Å²) in [5.41, 5.74) is 2.34. The van der Waals surface area contributed by atoms with E-state index in [2.05, 4.69) is 26.2 Å². The second kappa shape index (κ2) is 4.97. The molecule has 0 bridgehead atoms. The second-order valence-electron chi connectivity index (χ2n) is 4.11. The van der Waals surface area contributed by atoms with Crippen LogP contribution in [-0.4, -0.2) is 16.1 Å². The minimum atomic E-state index is -0.973. The van der Waals surface area contributed by atoms with Crippen LogP contribution in [0.2, 0.25) is 0 Å². The van der Waals surface area contributed by atoms with E-state index < -0.39 is 5.97 Å². The number of hydrogen-bond donors (Lipinski definition) is 2. The number of hydrogen-bond acceptors (Lipinski definition) is 4. The summed E-state index contributed by atoms with van der Waals surface area (Å²) < 4.78 is 6.17. The van der Waals surface area contributed by atoms with E-state index in [4.69, 9.17) is 9.52 Å². The summed E-state index contributed by atoms with van der Waals surface area (Å²) in [6, 6.07) is 12.5. The van der Waals surface area contributed by atoms with Crippen molar-refractivity contribution in [2.24, 2.45) is 0 Å². The van der Waals surface area contributed by atoms with E-state index in [0.717, 1.165) is 5.52 Å². The molecule has 0 aliphatic rings. The van der Waals surface area contributed by atoms with Gasteiger partial charge in [0.1, 0.15) is 5.52 Å². The van der Waals surface area contributed by atoms with Gasteiger partial charge in [0.05, 0.1) is 11.3 Å². The first kappa shape index (κ1) is 12.7. The first-order valence-electron chi connectivity index (χ1n) is 5.79. The number of nitrogens with one attached hydrogen (secondary N) is 1. The molecule has 0 aliphatic carbocycles. The molecule has 6 heteroatoms. The van der Waals surface area contributed by atoms with Gasteiger partial charge in [-0.05, 0) is 46.3 Å². The van der Waals surface area contributed by atoms with Crippen molar-refractivity contribution in [1.82, 2.24) is 4.98 Å². The molecule has 2 N–H and O–H groups in total. The summed E-state index contributed by atoms with van der Waals surface area (Å²) in [6.07, 6.45) is 0. The molecule has 1 aromatic heterocycles. The number of benzene rings is 2.